The van der Waals surface area contributed by atoms with Crippen molar-refractivity contribution >= 4 is 5.97 Å². The van der Waals surface area contributed by atoms with Gasteiger partial charge in [0.1, 0.15) is 0 Å². The Balaban J connectivity index is 1.74. The first-order valence-electron chi connectivity index (χ1n) is 6.39. The molecular weight excluding hydrogens is 230 g/mol. The lowest BCUT2D eigenvalue weighted by Crippen LogP contribution is -2.37. The zero-order valence-electron chi connectivity index (χ0n) is 10.4. The van der Waals surface area contributed by atoms with E-state index in [0.717, 1.165) is 18.7 Å². The number of carbonyl (C=O) groups is 1. The van der Waals surface area contributed by atoms with Gasteiger partial charge in [-0.05, 0) is 37.1 Å². The van der Waals surface area contributed by atoms with Crippen molar-refractivity contribution in [2.24, 2.45) is 0 Å². The lowest BCUT2D eigenvalue weighted by atomic mass is 10.1. The summed E-state index contributed by atoms with van der Waals surface area (Å²) in [7, 11) is 0. The Hall–Kier alpha value is -1.39. The minimum Gasteiger partial charge on any atom is -0.478 e. The van der Waals surface area contributed by atoms with E-state index in [4.69, 9.17) is 9.84 Å². The number of carboxylic acid groups (broad SMARTS) is 1. The van der Waals surface area contributed by atoms with Gasteiger partial charge in [0.2, 0.25) is 0 Å². The Morgan fingerprint density at radius 3 is 2.72 bits per heavy atom. The van der Waals surface area contributed by atoms with Crippen molar-refractivity contribution in [3.63, 3.8) is 0 Å². The largest absolute Gasteiger partial charge is 0.478 e. The molecule has 4 nitrogen and oxygen atoms in total. The van der Waals surface area contributed by atoms with Gasteiger partial charge in [-0.2, -0.15) is 0 Å². The monoisotopic (exact) mass is 249 g/mol. The summed E-state index contributed by atoms with van der Waals surface area (Å²) in [5.41, 5.74) is 1.32. The van der Waals surface area contributed by atoms with Crippen LogP contribution in [-0.4, -0.2) is 30.3 Å². The molecule has 18 heavy (non-hydrogen) atoms. The van der Waals surface area contributed by atoms with Crippen molar-refractivity contribution < 1.29 is 14.6 Å². The van der Waals surface area contributed by atoms with E-state index in [0.29, 0.717) is 18.2 Å². The SMILES string of the molecule is O=C(O)c1ccc(COCC2CCCCN2)cc1. The zero-order chi connectivity index (χ0) is 12.8. The topological polar surface area (TPSA) is 58.6 Å². The maximum absolute atomic E-state index is 10.7. The molecule has 0 spiro atoms. The van der Waals surface area contributed by atoms with Gasteiger partial charge >= 0.3 is 5.97 Å². The molecular formula is C14H19NO3. The second kappa shape index (κ2) is 6.52. The van der Waals surface area contributed by atoms with Crippen molar-refractivity contribution in [2.75, 3.05) is 13.2 Å². The molecule has 1 atom stereocenters. The van der Waals surface area contributed by atoms with Crippen LogP contribution < -0.4 is 5.32 Å². The van der Waals surface area contributed by atoms with E-state index >= 15 is 0 Å². The van der Waals surface area contributed by atoms with Crippen LogP contribution in [0.15, 0.2) is 24.3 Å². The fourth-order valence-corrected chi connectivity index (χ4v) is 2.13. The van der Waals surface area contributed by atoms with Gasteiger partial charge in [0.15, 0.2) is 0 Å². The molecule has 98 valence electrons. The molecule has 0 amide bonds. The molecule has 0 aliphatic carbocycles. The van der Waals surface area contributed by atoms with Crippen molar-refractivity contribution in [3.8, 4) is 0 Å². The number of benzene rings is 1. The second-order valence-corrected chi connectivity index (χ2v) is 4.66. The van der Waals surface area contributed by atoms with Crippen LogP contribution >= 0.6 is 0 Å². The van der Waals surface area contributed by atoms with Gasteiger partial charge in [-0.15, -0.1) is 0 Å². The molecule has 1 saturated heterocycles. The molecule has 1 fully saturated rings. The van der Waals surface area contributed by atoms with E-state index in [2.05, 4.69) is 5.32 Å². The standard InChI is InChI=1S/C14H19NO3/c16-14(17)12-6-4-11(5-7-12)9-18-10-13-3-1-2-8-15-13/h4-7,13,15H,1-3,8-10H2,(H,16,17). The second-order valence-electron chi connectivity index (χ2n) is 4.66. The lowest BCUT2D eigenvalue weighted by Gasteiger charge is -2.23. The van der Waals surface area contributed by atoms with Gasteiger partial charge in [-0.1, -0.05) is 18.6 Å². The van der Waals surface area contributed by atoms with E-state index < -0.39 is 5.97 Å². The number of aromatic carboxylic acids is 1. The number of nitrogens with one attached hydrogen (secondary N) is 1. The number of ether oxygens (including phenoxy) is 1. The van der Waals surface area contributed by atoms with Crippen LogP contribution in [0.3, 0.4) is 0 Å². The van der Waals surface area contributed by atoms with E-state index in [1.807, 2.05) is 0 Å². The van der Waals surface area contributed by atoms with Gasteiger partial charge in [0.25, 0.3) is 0 Å². The maximum Gasteiger partial charge on any atom is 0.335 e. The summed E-state index contributed by atoms with van der Waals surface area (Å²) in [6, 6.07) is 7.30. The molecule has 0 aromatic heterocycles. The Labute approximate surface area is 107 Å². The Bertz CT molecular complexity index is 383. The Kier molecular flexibility index (Phi) is 4.73. The molecule has 1 unspecified atom stereocenters. The van der Waals surface area contributed by atoms with Gasteiger partial charge < -0.3 is 15.2 Å². The molecule has 2 rings (SSSR count). The predicted octanol–water partition coefficient (Wildman–Crippen LogP) is 2.04. The smallest absolute Gasteiger partial charge is 0.335 e. The minimum atomic E-state index is -0.895. The molecule has 1 heterocycles. The van der Waals surface area contributed by atoms with E-state index in [1.54, 1.807) is 24.3 Å². The molecule has 0 saturated carbocycles. The summed E-state index contributed by atoms with van der Waals surface area (Å²) < 4.78 is 5.65. The van der Waals surface area contributed by atoms with Crippen LogP contribution in [0.2, 0.25) is 0 Å². The molecule has 2 N–H and O–H groups in total. The van der Waals surface area contributed by atoms with E-state index in [-0.39, 0.29) is 0 Å². The van der Waals surface area contributed by atoms with Crippen LogP contribution in [0.1, 0.15) is 35.2 Å². The highest BCUT2D eigenvalue weighted by Gasteiger charge is 2.12. The van der Waals surface area contributed by atoms with Gasteiger partial charge in [-0.3, -0.25) is 0 Å². The average Bonchev–Trinajstić information content (AvgIpc) is 2.40. The number of piperidine rings is 1. The summed E-state index contributed by atoms with van der Waals surface area (Å²) >= 11 is 0. The average molecular weight is 249 g/mol. The third-order valence-electron chi connectivity index (χ3n) is 3.20. The lowest BCUT2D eigenvalue weighted by molar-refractivity contribution is 0.0696. The van der Waals surface area contributed by atoms with Crippen LogP contribution in [0, 0.1) is 0 Å². The summed E-state index contributed by atoms with van der Waals surface area (Å²) in [5, 5.41) is 12.2. The molecule has 1 aromatic carbocycles. The van der Waals surface area contributed by atoms with Crippen molar-refractivity contribution in [3.05, 3.63) is 35.4 Å². The highest BCUT2D eigenvalue weighted by molar-refractivity contribution is 5.87. The van der Waals surface area contributed by atoms with Crippen molar-refractivity contribution in [1.29, 1.82) is 0 Å². The van der Waals surface area contributed by atoms with Crippen LogP contribution in [-0.2, 0) is 11.3 Å². The number of rotatable bonds is 5. The van der Waals surface area contributed by atoms with E-state index in [9.17, 15) is 4.79 Å². The Morgan fingerprint density at radius 1 is 1.33 bits per heavy atom. The normalized spacial score (nSPS) is 19.7. The van der Waals surface area contributed by atoms with Gasteiger partial charge in [-0.25, -0.2) is 4.79 Å². The highest BCUT2D eigenvalue weighted by Crippen LogP contribution is 2.09. The van der Waals surface area contributed by atoms with Crippen LogP contribution in [0.25, 0.3) is 0 Å². The maximum atomic E-state index is 10.7. The first-order chi connectivity index (χ1) is 8.75. The molecule has 1 aliphatic rings. The van der Waals surface area contributed by atoms with Gasteiger partial charge in [0, 0.05) is 6.04 Å². The van der Waals surface area contributed by atoms with Crippen molar-refractivity contribution in [1.82, 2.24) is 5.32 Å². The third kappa shape index (κ3) is 3.82. The van der Waals surface area contributed by atoms with Gasteiger partial charge in [0.05, 0.1) is 18.8 Å². The molecule has 0 radical (unpaired) electrons. The summed E-state index contributed by atoms with van der Waals surface area (Å²) in [4.78, 5) is 10.7. The fraction of sp³-hybridized carbons (Fsp3) is 0.500. The summed E-state index contributed by atoms with van der Waals surface area (Å²) in [6.07, 6.45) is 3.71. The first kappa shape index (κ1) is 13.1. The van der Waals surface area contributed by atoms with Crippen molar-refractivity contribution in [2.45, 2.75) is 31.9 Å². The molecule has 1 aliphatic heterocycles. The number of carboxylic acids is 1. The number of hydrogen-bond acceptors (Lipinski definition) is 3. The van der Waals surface area contributed by atoms with Crippen LogP contribution in [0.4, 0.5) is 0 Å². The predicted molar refractivity (Wildman–Crippen MR) is 68.7 cm³/mol. The van der Waals surface area contributed by atoms with Crippen LogP contribution in [0.5, 0.6) is 0 Å². The molecule has 1 aromatic rings. The zero-order valence-corrected chi connectivity index (χ0v) is 10.4. The number of hydrogen-bond donors (Lipinski definition) is 2. The summed E-state index contributed by atoms with van der Waals surface area (Å²) in [5.74, 6) is -0.895. The molecule has 4 heteroatoms. The van der Waals surface area contributed by atoms with E-state index in [1.165, 1.54) is 19.3 Å². The Morgan fingerprint density at radius 2 is 2.11 bits per heavy atom. The molecule has 0 bridgehead atoms. The fourth-order valence-electron chi connectivity index (χ4n) is 2.13. The quantitative estimate of drug-likeness (QED) is 0.838. The summed E-state index contributed by atoms with van der Waals surface area (Å²) in [6.45, 7) is 2.35. The third-order valence-corrected chi connectivity index (χ3v) is 3.20. The highest BCUT2D eigenvalue weighted by atomic mass is 16.5. The first-order valence-corrected chi connectivity index (χ1v) is 6.39. The minimum absolute atomic E-state index is 0.313.